The number of carbonyl (C=O) groups is 2. The lowest BCUT2D eigenvalue weighted by Crippen LogP contribution is -2.28. The zero-order chi connectivity index (χ0) is 14.8. The molecular formula is C12H21N5O3. The van der Waals surface area contributed by atoms with Crippen molar-refractivity contribution >= 4 is 11.9 Å². The summed E-state index contributed by atoms with van der Waals surface area (Å²) < 4.78 is 1.45. The Morgan fingerprint density at radius 1 is 1.30 bits per heavy atom. The van der Waals surface area contributed by atoms with Crippen LogP contribution in [0.1, 0.15) is 37.8 Å². The monoisotopic (exact) mass is 283 g/mol. The predicted molar refractivity (Wildman–Crippen MR) is 71.6 cm³/mol. The topological polar surface area (TPSA) is 123 Å². The molecule has 0 aliphatic carbocycles. The van der Waals surface area contributed by atoms with Gasteiger partial charge in [0.05, 0.1) is 11.9 Å². The van der Waals surface area contributed by atoms with Crippen LogP contribution in [0.5, 0.6) is 0 Å². The van der Waals surface area contributed by atoms with Crippen molar-refractivity contribution in [1.29, 1.82) is 0 Å². The van der Waals surface area contributed by atoms with Crippen LogP contribution in [-0.2, 0) is 22.7 Å². The molecule has 0 spiro atoms. The molecule has 1 aromatic heterocycles. The molecule has 1 rings (SSSR count). The second kappa shape index (κ2) is 9.03. The van der Waals surface area contributed by atoms with Crippen molar-refractivity contribution in [3.05, 3.63) is 11.9 Å². The highest BCUT2D eigenvalue weighted by molar-refractivity contribution is 5.75. The van der Waals surface area contributed by atoms with Crippen LogP contribution in [0.4, 0.5) is 0 Å². The minimum atomic E-state index is -0.761. The van der Waals surface area contributed by atoms with Crippen LogP contribution < -0.4 is 11.1 Å². The molecule has 0 atom stereocenters. The van der Waals surface area contributed by atoms with Gasteiger partial charge in [-0.15, -0.1) is 5.10 Å². The molecular weight excluding hydrogens is 262 g/mol. The van der Waals surface area contributed by atoms with Crippen molar-refractivity contribution in [1.82, 2.24) is 20.3 Å². The SMILES string of the molecule is NCc1cn(CC(=O)NCCCCCCC(=O)O)nn1. The van der Waals surface area contributed by atoms with E-state index in [2.05, 4.69) is 15.6 Å². The number of nitrogens with one attached hydrogen (secondary N) is 1. The van der Waals surface area contributed by atoms with Crippen molar-refractivity contribution in [3.8, 4) is 0 Å². The van der Waals surface area contributed by atoms with E-state index in [0.29, 0.717) is 25.2 Å². The number of aliphatic carboxylic acids is 1. The van der Waals surface area contributed by atoms with Gasteiger partial charge in [-0.25, -0.2) is 4.68 Å². The Labute approximate surface area is 117 Å². The zero-order valence-corrected chi connectivity index (χ0v) is 11.4. The molecule has 1 amide bonds. The molecule has 8 heteroatoms. The van der Waals surface area contributed by atoms with Crippen molar-refractivity contribution in [2.24, 2.45) is 5.73 Å². The summed E-state index contributed by atoms with van der Waals surface area (Å²) in [5, 5.41) is 18.8. The van der Waals surface area contributed by atoms with Crippen LogP contribution in [0.2, 0.25) is 0 Å². The Morgan fingerprint density at radius 3 is 2.70 bits per heavy atom. The summed E-state index contributed by atoms with van der Waals surface area (Å²) in [5.41, 5.74) is 6.05. The van der Waals surface area contributed by atoms with Gasteiger partial charge in [-0.2, -0.15) is 0 Å². The first kappa shape index (κ1) is 16.1. The van der Waals surface area contributed by atoms with Gasteiger partial charge in [-0.05, 0) is 12.8 Å². The Balaban J connectivity index is 2.04. The number of hydrogen-bond donors (Lipinski definition) is 3. The van der Waals surface area contributed by atoms with Crippen molar-refractivity contribution in [3.63, 3.8) is 0 Å². The third-order valence-electron chi connectivity index (χ3n) is 2.74. The molecule has 0 radical (unpaired) electrons. The standard InChI is InChI=1S/C12H21N5O3/c13-7-10-8-17(16-15-10)9-11(18)14-6-4-2-1-3-5-12(19)20/h8H,1-7,9,13H2,(H,14,18)(H,19,20). The number of carboxylic acid groups (broad SMARTS) is 1. The Bertz CT molecular complexity index is 432. The highest BCUT2D eigenvalue weighted by Gasteiger charge is 2.04. The van der Waals surface area contributed by atoms with E-state index in [1.807, 2.05) is 0 Å². The van der Waals surface area contributed by atoms with Crippen molar-refractivity contribution < 1.29 is 14.7 Å². The lowest BCUT2D eigenvalue weighted by atomic mass is 10.1. The van der Waals surface area contributed by atoms with Crippen molar-refractivity contribution in [2.45, 2.75) is 45.2 Å². The first-order chi connectivity index (χ1) is 9.61. The molecule has 0 saturated heterocycles. The predicted octanol–water partition coefficient (Wildman–Crippen LogP) is -0.112. The summed E-state index contributed by atoms with van der Waals surface area (Å²) in [4.78, 5) is 21.9. The molecule has 0 aliphatic rings. The number of carboxylic acids is 1. The van der Waals surface area contributed by atoms with Gasteiger partial charge in [0.2, 0.25) is 5.91 Å². The highest BCUT2D eigenvalue weighted by atomic mass is 16.4. The summed E-state index contributed by atoms with van der Waals surface area (Å²) in [6.07, 6.45) is 5.16. The second-order valence-electron chi connectivity index (χ2n) is 4.52. The number of nitrogens with two attached hydrogens (primary N) is 1. The molecule has 20 heavy (non-hydrogen) atoms. The van der Waals surface area contributed by atoms with Crippen LogP contribution in [-0.4, -0.2) is 38.5 Å². The van der Waals surface area contributed by atoms with Crippen LogP contribution in [0.15, 0.2) is 6.20 Å². The minimum Gasteiger partial charge on any atom is -0.481 e. The lowest BCUT2D eigenvalue weighted by Gasteiger charge is -2.04. The normalized spacial score (nSPS) is 10.4. The Hall–Kier alpha value is -1.96. The van der Waals surface area contributed by atoms with Gasteiger partial charge in [0.1, 0.15) is 6.54 Å². The number of nitrogens with zero attached hydrogens (tertiary/aromatic N) is 3. The van der Waals surface area contributed by atoms with E-state index >= 15 is 0 Å². The van der Waals surface area contributed by atoms with Gasteiger partial charge >= 0.3 is 5.97 Å². The Morgan fingerprint density at radius 2 is 2.05 bits per heavy atom. The van der Waals surface area contributed by atoms with Gasteiger partial charge in [0.15, 0.2) is 0 Å². The Kier molecular flexibility index (Phi) is 7.26. The van der Waals surface area contributed by atoms with E-state index in [1.54, 1.807) is 6.20 Å². The molecule has 1 heterocycles. The first-order valence-electron chi connectivity index (χ1n) is 6.69. The fourth-order valence-corrected chi connectivity index (χ4v) is 1.69. The smallest absolute Gasteiger partial charge is 0.303 e. The number of aromatic nitrogens is 3. The molecule has 0 aliphatic heterocycles. The van der Waals surface area contributed by atoms with Crippen LogP contribution in [0.3, 0.4) is 0 Å². The van der Waals surface area contributed by atoms with Crippen LogP contribution >= 0.6 is 0 Å². The fourth-order valence-electron chi connectivity index (χ4n) is 1.69. The van der Waals surface area contributed by atoms with E-state index in [9.17, 15) is 9.59 Å². The van der Waals surface area contributed by atoms with Gasteiger partial charge < -0.3 is 16.2 Å². The van der Waals surface area contributed by atoms with Crippen molar-refractivity contribution in [2.75, 3.05) is 6.54 Å². The zero-order valence-electron chi connectivity index (χ0n) is 11.4. The van der Waals surface area contributed by atoms with Gasteiger partial charge in [-0.3, -0.25) is 9.59 Å². The highest BCUT2D eigenvalue weighted by Crippen LogP contribution is 2.02. The maximum Gasteiger partial charge on any atom is 0.303 e. The molecule has 1 aromatic rings. The molecule has 0 bridgehead atoms. The maximum absolute atomic E-state index is 11.6. The lowest BCUT2D eigenvalue weighted by molar-refractivity contribution is -0.137. The van der Waals surface area contributed by atoms with Gasteiger partial charge in [0, 0.05) is 19.5 Å². The number of carbonyl (C=O) groups excluding carboxylic acids is 1. The number of rotatable bonds is 10. The average Bonchev–Trinajstić information content (AvgIpc) is 2.85. The van der Waals surface area contributed by atoms with Crippen LogP contribution in [0.25, 0.3) is 0 Å². The third kappa shape index (κ3) is 6.83. The van der Waals surface area contributed by atoms with E-state index < -0.39 is 5.97 Å². The molecule has 8 nitrogen and oxygen atoms in total. The third-order valence-corrected chi connectivity index (χ3v) is 2.74. The van der Waals surface area contributed by atoms with Crippen LogP contribution in [0, 0.1) is 0 Å². The molecule has 0 unspecified atom stereocenters. The fraction of sp³-hybridized carbons (Fsp3) is 0.667. The molecule has 0 aromatic carbocycles. The number of hydrogen-bond acceptors (Lipinski definition) is 5. The van der Waals surface area contributed by atoms with E-state index in [1.165, 1.54) is 4.68 Å². The quantitative estimate of drug-likeness (QED) is 0.515. The first-order valence-corrected chi connectivity index (χ1v) is 6.69. The minimum absolute atomic E-state index is 0.121. The molecule has 0 fully saturated rings. The van der Waals surface area contributed by atoms with E-state index in [-0.39, 0.29) is 18.9 Å². The summed E-state index contributed by atoms with van der Waals surface area (Å²) in [5.74, 6) is -0.882. The van der Waals surface area contributed by atoms with Gasteiger partial charge in [-0.1, -0.05) is 18.1 Å². The van der Waals surface area contributed by atoms with Gasteiger partial charge in [0.25, 0.3) is 0 Å². The summed E-state index contributed by atoms with van der Waals surface area (Å²) in [7, 11) is 0. The van der Waals surface area contributed by atoms with E-state index in [0.717, 1.165) is 19.3 Å². The molecule has 4 N–H and O–H groups in total. The second-order valence-corrected chi connectivity index (χ2v) is 4.52. The largest absolute Gasteiger partial charge is 0.481 e. The average molecular weight is 283 g/mol. The summed E-state index contributed by atoms with van der Waals surface area (Å²) >= 11 is 0. The number of amides is 1. The van der Waals surface area contributed by atoms with E-state index in [4.69, 9.17) is 10.8 Å². The maximum atomic E-state index is 11.6. The molecule has 112 valence electrons. The number of unbranched alkanes of at least 4 members (excludes halogenated alkanes) is 3. The molecule has 0 saturated carbocycles. The summed E-state index contributed by atoms with van der Waals surface area (Å²) in [6, 6.07) is 0. The summed E-state index contributed by atoms with van der Waals surface area (Å²) in [6.45, 7) is 1.02.